The van der Waals surface area contributed by atoms with E-state index in [1.807, 2.05) is 30.3 Å². The molecule has 0 amide bonds. The molecule has 0 aliphatic carbocycles. The minimum atomic E-state index is -0.147. The Morgan fingerprint density at radius 1 is 1.27 bits per heavy atom. The van der Waals surface area contributed by atoms with E-state index in [1.165, 1.54) is 5.56 Å². The number of hydrogen-bond acceptors (Lipinski definition) is 7. The van der Waals surface area contributed by atoms with E-state index in [4.69, 9.17) is 31.5 Å². The van der Waals surface area contributed by atoms with Gasteiger partial charge in [0.25, 0.3) is 0 Å². The molecule has 1 saturated heterocycles. The standard InChI is InChI=1S/C25H32ClN3O4/c1-17(30)14-28-22-5-4-21(31-2)12-24(22)32-16-20(27)15-29-9-7-25(8-10-29)13-18-11-19(26)3-6-23(18)33-25/h3-6,11-12,20,28H,7-10,13-16,27H2,1-2H3/t20-/m1/s1. The van der Waals surface area contributed by atoms with Crippen LogP contribution in [0.1, 0.15) is 25.3 Å². The van der Waals surface area contributed by atoms with Crippen molar-refractivity contribution in [3.8, 4) is 17.2 Å². The van der Waals surface area contributed by atoms with E-state index in [-0.39, 0.29) is 24.0 Å². The largest absolute Gasteiger partial charge is 0.497 e. The molecule has 2 aromatic carbocycles. The highest BCUT2D eigenvalue weighted by Crippen LogP contribution is 2.42. The average Bonchev–Trinajstić information content (AvgIpc) is 3.15. The van der Waals surface area contributed by atoms with Gasteiger partial charge in [0.2, 0.25) is 0 Å². The second kappa shape index (κ2) is 10.2. The van der Waals surface area contributed by atoms with Crippen molar-refractivity contribution in [2.75, 3.05) is 45.2 Å². The molecule has 1 fully saturated rings. The first kappa shape index (κ1) is 23.7. The summed E-state index contributed by atoms with van der Waals surface area (Å²) in [5.74, 6) is 2.32. The lowest BCUT2D eigenvalue weighted by Crippen LogP contribution is -2.51. The molecular weight excluding hydrogens is 442 g/mol. The SMILES string of the molecule is COc1ccc(NCC(C)=O)c(OC[C@H](N)CN2CCC3(CC2)Cc2cc(Cl)ccc2O3)c1. The number of ether oxygens (including phenoxy) is 3. The molecule has 8 heteroatoms. The number of hydrogen-bond donors (Lipinski definition) is 2. The molecule has 7 nitrogen and oxygen atoms in total. The summed E-state index contributed by atoms with van der Waals surface area (Å²) in [7, 11) is 1.61. The lowest BCUT2D eigenvalue weighted by atomic mass is 9.87. The van der Waals surface area contributed by atoms with Crippen LogP contribution >= 0.6 is 11.6 Å². The zero-order chi connectivity index (χ0) is 23.4. The van der Waals surface area contributed by atoms with Gasteiger partial charge in [-0.05, 0) is 42.8 Å². The molecule has 4 rings (SSSR count). The first-order valence-electron chi connectivity index (χ1n) is 11.4. The molecule has 33 heavy (non-hydrogen) atoms. The van der Waals surface area contributed by atoms with Crippen LogP contribution in [-0.2, 0) is 11.2 Å². The second-order valence-corrected chi connectivity index (χ2v) is 9.44. The molecule has 1 spiro atoms. The number of likely N-dealkylation sites (tertiary alicyclic amines) is 1. The Hall–Kier alpha value is -2.48. The minimum absolute atomic E-state index is 0.0498. The number of carbonyl (C=O) groups excluding carboxylic acids is 1. The predicted molar refractivity (Wildman–Crippen MR) is 130 cm³/mol. The van der Waals surface area contributed by atoms with Crippen molar-refractivity contribution < 1.29 is 19.0 Å². The Labute approximate surface area is 200 Å². The van der Waals surface area contributed by atoms with Crippen LogP contribution in [0.15, 0.2) is 36.4 Å². The highest BCUT2D eigenvalue weighted by molar-refractivity contribution is 6.30. The van der Waals surface area contributed by atoms with Gasteiger partial charge in [-0.2, -0.15) is 0 Å². The van der Waals surface area contributed by atoms with Crippen molar-refractivity contribution >= 4 is 23.1 Å². The fraction of sp³-hybridized carbons (Fsp3) is 0.480. The Bertz CT molecular complexity index is 992. The van der Waals surface area contributed by atoms with Gasteiger partial charge in [-0.25, -0.2) is 0 Å². The molecule has 3 N–H and O–H groups in total. The summed E-state index contributed by atoms with van der Waals surface area (Å²) in [4.78, 5) is 13.7. The number of carbonyl (C=O) groups is 1. The highest BCUT2D eigenvalue weighted by Gasteiger charge is 2.42. The van der Waals surface area contributed by atoms with Gasteiger partial charge >= 0.3 is 0 Å². The van der Waals surface area contributed by atoms with Crippen molar-refractivity contribution in [2.24, 2.45) is 5.73 Å². The molecule has 2 aliphatic rings. The van der Waals surface area contributed by atoms with Crippen LogP contribution in [0.5, 0.6) is 17.2 Å². The summed E-state index contributed by atoms with van der Waals surface area (Å²) in [6.07, 6.45) is 2.83. The third-order valence-electron chi connectivity index (χ3n) is 6.29. The maximum Gasteiger partial charge on any atom is 0.148 e. The second-order valence-electron chi connectivity index (χ2n) is 9.00. The van der Waals surface area contributed by atoms with Gasteiger partial charge in [0, 0.05) is 50.0 Å². The van der Waals surface area contributed by atoms with Crippen LogP contribution in [0.3, 0.4) is 0 Å². The summed E-state index contributed by atoms with van der Waals surface area (Å²) in [6.45, 7) is 4.75. The van der Waals surface area contributed by atoms with Crippen molar-refractivity contribution in [1.82, 2.24) is 4.90 Å². The molecule has 2 aromatic rings. The zero-order valence-corrected chi connectivity index (χ0v) is 20.0. The van der Waals surface area contributed by atoms with Crippen LogP contribution < -0.4 is 25.3 Å². The van der Waals surface area contributed by atoms with E-state index >= 15 is 0 Å². The summed E-state index contributed by atoms with van der Waals surface area (Å²) in [5, 5.41) is 3.86. The van der Waals surface area contributed by atoms with Gasteiger partial charge in [-0.15, -0.1) is 0 Å². The molecule has 0 aromatic heterocycles. The number of nitrogens with zero attached hydrogens (tertiary/aromatic N) is 1. The van der Waals surface area contributed by atoms with Crippen molar-refractivity contribution in [1.29, 1.82) is 0 Å². The van der Waals surface area contributed by atoms with E-state index in [0.717, 1.165) is 55.4 Å². The van der Waals surface area contributed by atoms with Crippen LogP contribution in [0, 0.1) is 0 Å². The van der Waals surface area contributed by atoms with Gasteiger partial charge in [-0.1, -0.05) is 11.6 Å². The van der Waals surface area contributed by atoms with E-state index in [2.05, 4.69) is 10.2 Å². The first-order chi connectivity index (χ1) is 15.9. The lowest BCUT2D eigenvalue weighted by molar-refractivity contribution is -0.115. The molecule has 0 saturated carbocycles. The van der Waals surface area contributed by atoms with Gasteiger partial charge < -0.3 is 30.2 Å². The van der Waals surface area contributed by atoms with Gasteiger partial charge in [0.1, 0.15) is 35.2 Å². The number of anilines is 1. The fourth-order valence-corrected chi connectivity index (χ4v) is 4.71. The minimum Gasteiger partial charge on any atom is -0.497 e. The highest BCUT2D eigenvalue weighted by atomic mass is 35.5. The quantitative estimate of drug-likeness (QED) is 0.576. The number of methoxy groups -OCH3 is 1. The summed E-state index contributed by atoms with van der Waals surface area (Å²) < 4.78 is 17.7. The van der Waals surface area contributed by atoms with E-state index in [0.29, 0.717) is 18.1 Å². The summed E-state index contributed by atoms with van der Waals surface area (Å²) >= 11 is 6.15. The third kappa shape index (κ3) is 5.91. The molecule has 2 aliphatic heterocycles. The number of rotatable bonds is 9. The monoisotopic (exact) mass is 473 g/mol. The van der Waals surface area contributed by atoms with Crippen LogP contribution in [0.2, 0.25) is 5.02 Å². The zero-order valence-electron chi connectivity index (χ0n) is 19.2. The Balaban J connectivity index is 1.27. The maximum atomic E-state index is 11.3. The Morgan fingerprint density at radius 2 is 2.06 bits per heavy atom. The van der Waals surface area contributed by atoms with Gasteiger partial charge in [0.15, 0.2) is 0 Å². The number of benzene rings is 2. The van der Waals surface area contributed by atoms with E-state index in [1.54, 1.807) is 20.1 Å². The number of fused-ring (bicyclic) bond motifs is 1. The smallest absolute Gasteiger partial charge is 0.148 e. The third-order valence-corrected chi connectivity index (χ3v) is 6.53. The van der Waals surface area contributed by atoms with Gasteiger partial charge in [0.05, 0.1) is 25.4 Å². The molecule has 0 radical (unpaired) electrons. The molecule has 0 bridgehead atoms. The first-order valence-corrected chi connectivity index (χ1v) is 11.7. The maximum absolute atomic E-state index is 11.3. The number of halogens is 1. The topological polar surface area (TPSA) is 86.0 Å². The molecule has 2 heterocycles. The van der Waals surface area contributed by atoms with Crippen LogP contribution in [-0.4, -0.2) is 62.2 Å². The Kier molecular flexibility index (Phi) is 7.32. The van der Waals surface area contributed by atoms with Crippen LogP contribution in [0.4, 0.5) is 5.69 Å². The number of ketones is 1. The van der Waals surface area contributed by atoms with Crippen molar-refractivity contribution in [2.45, 2.75) is 37.8 Å². The van der Waals surface area contributed by atoms with Crippen molar-refractivity contribution in [3.63, 3.8) is 0 Å². The van der Waals surface area contributed by atoms with E-state index in [9.17, 15) is 4.79 Å². The van der Waals surface area contributed by atoms with Crippen molar-refractivity contribution in [3.05, 3.63) is 47.0 Å². The normalized spacial score (nSPS) is 17.8. The Morgan fingerprint density at radius 3 is 2.79 bits per heavy atom. The fourth-order valence-electron chi connectivity index (χ4n) is 4.52. The van der Waals surface area contributed by atoms with Gasteiger partial charge in [-0.3, -0.25) is 4.79 Å². The molecule has 178 valence electrons. The van der Waals surface area contributed by atoms with E-state index < -0.39 is 0 Å². The summed E-state index contributed by atoms with van der Waals surface area (Å²) in [5.41, 5.74) is 8.23. The summed E-state index contributed by atoms with van der Waals surface area (Å²) in [6, 6.07) is 11.2. The van der Waals surface area contributed by atoms with Crippen LogP contribution in [0.25, 0.3) is 0 Å². The number of nitrogens with two attached hydrogens (primary N) is 1. The molecular formula is C25H32ClN3O4. The average molecular weight is 474 g/mol. The molecule has 0 unspecified atom stereocenters. The number of piperidine rings is 1. The lowest BCUT2D eigenvalue weighted by Gasteiger charge is -2.39. The molecule has 1 atom stereocenters. The number of Topliss-reactive ketones (excluding diaryl/α,β-unsaturated/α-hetero) is 1. The predicted octanol–water partition coefficient (Wildman–Crippen LogP) is 3.53. The number of nitrogens with one attached hydrogen (secondary N) is 1.